The van der Waals surface area contributed by atoms with Crippen molar-refractivity contribution in [2.75, 3.05) is 12.0 Å². The minimum absolute atomic E-state index is 0.0523. The first-order valence-electron chi connectivity index (χ1n) is 10.7. The fraction of sp³-hybridized carbons (Fsp3) is 0.478. The van der Waals surface area contributed by atoms with E-state index in [0.29, 0.717) is 29.8 Å². The van der Waals surface area contributed by atoms with E-state index in [0.717, 1.165) is 17.4 Å². The third kappa shape index (κ3) is 5.55. The highest BCUT2D eigenvalue weighted by Gasteiger charge is 2.30. The minimum atomic E-state index is -3.91. The van der Waals surface area contributed by atoms with Gasteiger partial charge in [0.05, 0.1) is 16.3 Å². The second-order valence-corrected chi connectivity index (χ2v) is 12.1. The number of sulfone groups is 1. The SMILES string of the molecule is CCCn1nc(C)c(C(=O)c2ccc(S(C)(=O)=O)c(C(C)=C(C)C)c2C)c1OS(=O)(=O)CC. The average Bonchev–Trinajstić information content (AvgIpc) is 3.00. The third-order valence-corrected chi connectivity index (χ3v) is 7.76. The predicted octanol–water partition coefficient (Wildman–Crippen LogP) is 4.09. The summed E-state index contributed by atoms with van der Waals surface area (Å²) in [6.45, 7) is 12.6. The Bertz CT molecular complexity index is 1330. The van der Waals surface area contributed by atoms with Gasteiger partial charge in [0.25, 0.3) is 0 Å². The molecule has 0 unspecified atom stereocenters. The van der Waals surface area contributed by atoms with Crippen LogP contribution in [0.25, 0.3) is 5.57 Å². The predicted molar refractivity (Wildman–Crippen MR) is 129 cm³/mol. The molecule has 1 aromatic heterocycles. The normalized spacial score (nSPS) is 12.0. The van der Waals surface area contributed by atoms with Gasteiger partial charge in [-0.2, -0.15) is 13.5 Å². The van der Waals surface area contributed by atoms with E-state index in [1.807, 2.05) is 27.7 Å². The summed E-state index contributed by atoms with van der Waals surface area (Å²) in [5.74, 6) is -0.854. The third-order valence-electron chi connectivity index (χ3n) is 5.50. The van der Waals surface area contributed by atoms with Crippen molar-refractivity contribution in [2.45, 2.75) is 66.3 Å². The Labute approximate surface area is 196 Å². The zero-order valence-corrected chi connectivity index (χ0v) is 22.1. The first kappa shape index (κ1) is 26.8. The molecule has 0 saturated carbocycles. The maximum absolute atomic E-state index is 13.7. The summed E-state index contributed by atoms with van der Waals surface area (Å²) in [6, 6.07) is 2.89. The van der Waals surface area contributed by atoms with E-state index in [4.69, 9.17) is 4.18 Å². The van der Waals surface area contributed by atoms with Crippen molar-refractivity contribution in [2.24, 2.45) is 0 Å². The summed E-state index contributed by atoms with van der Waals surface area (Å²) in [6.07, 6.45) is 1.79. The summed E-state index contributed by atoms with van der Waals surface area (Å²) in [4.78, 5) is 13.9. The van der Waals surface area contributed by atoms with E-state index in [1.54, 1.807) is 13.8 Å². The smallest absolute Gasteiger partial charge is 0.310 e. The molecular weight excluding hydrogens is 464 g/mol. The molecule has 33 heavy (non-hydrogen) atoms. The fourth-order valence-corrected chi connectivity index (χ4v) is 5.06. The van der Waals surface area contributed by atoms with Gasteiger partial charge >= 0.3 is 10.1 Å². The lowest BCUT2D eigenvalue weighted by Crippen LogP contribution is -2.17. The second-order valence-electron chi connectivity index (χ2n) is 8.26. The largest absolute Gasteiger partial charge is 0.361 e. The molecule has 8 nitrogen and oxygen atoms in total. The Morgan fingerprint density at radius 1 is 1.03 bits per heavy atom. The summed E-state index contributed by atoms with van der Waals surface area (Å²) < 4.78 is 56.1. The van der Waals surface area contributed by atoms with Crippen molar-refractivity contribution in [3.05, 3.63) is 45.7 Å². The summed E-state index contributed by atoms with van der Waals surface area (Å²) in [5, 5.41) is 4.34. The number of aryl methyl sites for hydroxylation is 2. The van der Waals surface area contributed by atoms with Crippen LogP contribution in [-0.4, -0.2) is 44.4 Å². The standard InChI is InChI=1S/C23H32N2O6S2/c1-9-13-25-23(31-33(29,30)10-2)21(17(7)24-25)22(26)18-11-12-19(32(8,27)28)20(16(18)6)15(5)14(3)4/h11-12H,9-10,13H2,1-8H3. The van der Waals surface area contributed by atoms with Gasteiger partial charge in [-0.25, -0.2) is 13.1 Å². The maximum atomic E-state index is 13.7. The number of carbonyl (C=O) groups is 1. The molecule has 1 heterocycles. The summed E-state index contributed by atoms with van der Waals surface area (Å²) >= 11 is 0. The molecule has 0 fully saturated rings. The second kappa shape index (κ2) is 9.80. The molecule has 0 radical (unpaired) electrons. The lowest BCUT2D eigenvalue weighted by molar-refractivity contribution is 0.103. The molecule has 10 heteroatoms. The number of nitrogens with zero attached hydrogens (tertiary/aromatic N) is 2. The van der Waals surface area contributed by atoms with E-state index in [2.05, 4.69) is 5.10 Å². The maximum Gasteiger partial charge on any atom is 0.310 e. The Hall–Kier alpha value is -2.46. The number of benzene rings is 1. The van der Waals surface area contributed by atoms with Crippen LogP contribution in [0, 0.1) is 13.8 Å². The number of ketones is 1. The molecule has 2 aromatic rings. The molecule has 0 amide bonds. The number of rotatable bonds is 9. The average molecular weight is 497 g/mol. The zero-order valence-electron chi connectivity index (χ0n) is 20.4. The fourth-order valence-electron chi connectivity index (χ4n) is 3.54. The number of aromatic nitrogens is 2. The Balaban J connectivity index is 2.85. The number of allylic oxidation sites excluding steroid dienone is 2. The van der Waals surface area contributed by atoms with Crippen LogP contribution in [0.15, 0.2) is 22.6 Å². The van der Waals surface area contributed by atoms with Crippen LogP contribution >= 0.6 is 0 Å². The molecule has 0 aliphatic rings. The molecule has 0 bridgehead atoms. The number of hydrogen-bond acceptors (Lipinski definition) is 7. The molecule has 0 aliphatic carbocycles. The molecule has 182 valence electrons. The number of carbonyl (C=O) groups excluding carboxylic acids is 1. The Morgan fingerprint density at radius 2 is 1.64 bits per heavy atom. The molecule has 0 aliphatic heterocycles. The van der Waals surface area contributed by atoms with Crippen LogP contribution < -0.4 is 4.18 Å². The number of hydrogen-bond donors (Lipinski definition) is 0. The minimum Gasteiger partial charge on any atom is -0.361 e. The molecule has 0 spiro atoms. The highest BCUT2D eigenvalue weighted by Crippen LogP contribution is 2.34. The lowest BCUT2D eigenvalue weighted by Gasteiger charge is -2.17. The molecular formula is C23H32N2O6S2. The van der Waals surface area contributed by atoms with Gasteiger partial charge in [-0.15, -0.1) is 0 Å². The van der Waals surface area contributed by atoms with E-state index in [-0.39, 0.29) is 27.7 Å². The highest BCUT2D eigenvalue weighted by molar-refractivity contribution is 7.90. The molecule has 0 saturated heterocycles. The molecule has 0 N–H and O–H groups in total. The van der Waals surface area contributed by atoms with E-state index < -0.39 is 25.7 Å². The van der Waals surface area contributed by atoms with Gasteiger partial charge in [0, 0.05) is 18.4 Å². The van der Waals surface area contributed by atoms with Crippen molar-refractivity contribution in [3.63, 3.8) is 0 Å². The summed E-state index contributed by atoms with van der Waals surface area (Å²) in [5.41, 5.74) is 3.29. The van der Waals surface area contributed by atoms with Gasteiger partial charge in [-0.3, -0.25) is 4.79 Å². The van der Waals surface area contributed by atoms with Gasteiger partial charge in [0.2, 0.25) is 11.7 Å². The Morgan fingerprint density at radius 3 is 2.12 bits per heavy atom. The van der Waals surface area contributed by atoms with Gasteiger partial charge in [-0.05, 0) is 76.8 Å². The summed E-state index contributed by atoms with van der Waals surface area (Å²) in [7, 11) is -7.46. The van der Waals surface area contributed by atoms with Gasteiger partial charge < -0.3 is 4.18 Å². The van der Waals surface area contributed by atoms with Crippen molar-refractivity contribution in [1.29, 1.82) is 0 Å². The molecule has 0 atom stereocenters. The molecule has 1 aromatic carbocycles. The van der Waals surface area contributed by atoms with Crippen LogP contribution in [0.2, 0.25) is 0 Å². The van der Waals surface area contributed by atoms with E-state index in [1.165, 1.54) is 23.7 Å². The van der Waals surface area contributed by atoms with Crippen molar-refractivity contribution >= 4 is 31.3 Å². The van der Waals surface area contributed by atoms with E-state index >= 15 is 0 Å². The van der Waals surface area contributed by atoms with Crippen LogP contribution in [0.3, 0.4) is 0 Å². The first-order valence-corrected chi connectivity index (χ1v) is 14.1. The van der Waals surface area contributed by atoms with Crippen LogP contribution in [0.5, 0.6) is 5.88 Å². The van der Waals surface area contributed by atoms with Crippen molar-refractivity contribution < 1.29 is 25.8 Å². The van der Waals surface area contributed by atoms with Gasteiger partial charge in [-0.1, -0.05) is 12.5 Å². The van der Waals surface area contributed by atoms with Crippen LogP contribution in [0.1, 0.15) is 73.8 Å². The van der Waals surface area contributed by atoms with E-state index in [9.17, 15) is 21.6 Å². The van der Waals surface area contributed by atoms with Crippen LogP contribution in [-0.2, 0) is 26.5 Å². The highest BCUT2D eigenvalue weighted by atomic mass is 32.2. The molecule has 2 rings (SSSR count). The topological polar surface area (TPSA) is 112 Å². The van der Waals surface area contributed by atoms with Crippen LogP contribution in [0.4, 0.5) is 0 Å². The van der Waals surface area contributed by atoms with Crippen molar-refractivity contribution in [1.82, 2.24) is 9.78 Å². The quantitative estimate of drug-likeness (QED) is 0.380. The monoisotopic (exact) mass is 496 g/mol. The van der Waals surface area contributed by atoms with Gasteiger partial charge in [0.1, 0.15) is 5.56 Å². The van der Waals surface area contributed by atoms with Gasteiger partial charge in [0.15, 0.2) is 9.84 Å². The first-order chi connectivity index (χ1) is 15.2. The lowest BCUT2D eigenvalue weighted by atomic mass is 9.91. The zero-order chi connectivity index (χ0) is 25.3. The Kier molecular flexibility index (Phi) is 7.96. The van der Waals surface area contributed by atoms with Crippen molar-refractivity contribution in [3.8, 4) is 5.88 Å².